The number of carbonyl (C=O) groups excluding carboxylic acids is 4. The van der Waals surface area contributed by atoms with E-state index < -0.39 is 11.9 Å². The summed E-state index contributed by atoms with van der Waals surface area (Å²) in [6.45, 7) is 2.32. The van der Waals surface area contributed by atoms with Gasteiger partial charge in [-0.25, -0.2) is 9.59 Å². The number of amides is 2. The molecule has 0 unspecified atom stereocenters. The number of nitrogens with zero attached hydrogens (tertiary/aromatic N) is 2. The maximum absolute atomic E-state index is 11.5. The molecule has 2 aliphatic rings. The minimum Gasteiger partial charge on any atom is -0.461 e. The molecule has 2 fully saturated rings. The summed E-state index contributed by atoms with van der Waals surface area (Å²) in [6, 6.07) is 0. The predicted octanol–water partition coefficient (Wildman–Crippen LogP) is -0.126. The molecular formula is C16H22N2O6. The van der Waals surface area contributed by atoms with Crippen LogP contribution in [0.1, 0.15) is 25.7 Å². The van der Waals surface area contributed by atoms with E-state index in [-0.39, 0.29) is 25.0 Å². The first-order valence-electron chi connectivity index (χ1n) is 8.13. The zero-order valence-electron chi connectivity index (χ0n) is 13.6. The number of rotatable bonds is 8. The Kier molecular flexibility index (Phi) is 6.77. The van der Waals surface area contributed by atoms with Gasteiger partial charge in [-0.05, 0) is 12.8 Å². The maximum Gasteiger partial charge on any atom is 0.331 e. The third-order valence-electron chi connectivity index (χ3n) is 3.91. The average molecular weight is 338 g/mol. The first-order valence-corrected chi connectivity index (χ1v) is 8.13. The van der Waals surface area contributed by atoms with Crippen molar-refractivity contribution in [2.75, 3.05) is 39.4 Å². The molecule has 0 radical (unpaired) electrons. The monoisotopic (exact) mass is 338 g/mol. The van der Waals surface area contributed by atoms with E-state index in [1.807, 2.05) is 0 Å². The van der Waals surface area contributed by atoms with E-state index in [0.29, 0.717) is 39.0 Å². The normalized spacial score (nSPS) is 17.8. The summed E-state index contributed by atoms with van der Waals surface area (Å²) in [7, 11) is 0. The fraction of sp³-hybridized carbons (Fsp3) is 0.625. The number of hydrogen-bond donors (Lipinski definition) is 0. The number of esters is 2. The fourth-order valence-corrected chi connectivity index (χ4v) is 2.63. The van der Waals surface area contributed by atoms with Gasteiger partial charge in [0.25, 0.3) is 0 Å². The van der Waals surface area contributed by atoms with Gasteiger partial charge in [-0.2, -0.15) is 0 Å². The van der Waals surface area contributed by atoms with Gasteiger partial charge in [0, 0.05) is 38.1 Å². The minimum atomic E-state index is -0.659. The molecule has 0 atom stereocenters. The van der Waals surface area contributed by atoms with E-state index in [4.69, 9.17) is 9.47 Å². The highest BCUT2D eigenvalue weighted by molar-refractivity contribution is 5.91. The second-order valence-electron chi connectivity index (χ2n) is 5.64. The van der Waals surface area contributed by atoms with Gasteiger partial charge in [-0.1, -0.05) is 0 Å². The molecule has 0 saturated carbocycles. The molecule has 0 spiro atoms. The first-order chi connectivity index (χ1) is 11.6. The third-order valence-corrected chi connectivity index (χ3v) is 3.91. The molecule has 2 saturated heterocycles. The highest BCUT2D eigenvalue weighted by Gasteiger charge is 2.20. The topological polar surface area (TPSA) is 93.2 Å². The molecule has 0 N–H and O–H groups in total. The summed E-state index contributed by atoms with van der Waals surface area (Å²) < 4.78 is 9.84. The van der Waals surface area contributed by atoms with Crippen molar-refractivity contribution in [3.63, 3.8) is 0 Å². The van der Waals surface area contributed by atoms with Crippen molar-refractivity contribution < 1.29 is 28.7 Å². The Balaban J connectivity index is 1.55. The number of carbonyl (C=O) groups is 4. The molecule has 2 heterocycles. The van der Waals surface area contributed by atoms with Crippen molar-refractivity contribution in [1.29, 1.82) is 0 Å². The van der Waals surface area contributed by atoms with Gasteiger partial charge < -0.3 is 19.3 Å². The first kappa shape index (κ1) is 18.0. The van der Waals surface area contributed by atoms with Gasteiger partial charge >= 0.3 is 11.9 Å². The Morgan fingerprint density at radius 3 is 1.58 bits per heavy atom. The largest absolute Gasteiger partial charge is 0.461 e. The van der Waals surface area contributed by atoms with Crippen molar-refractivity contribution in [2.24, 2.45) is 0 Å². The van der Waals surface area contributed by atoms with Crippen LogP contribution in [0.25, 0.3) is 0 Å². The van der Waals surface area contributed by atoms with Gasteiger partial charge in [-0.15, -0.1) is 0 Å². The van der Waals surface area contributed by atoms with Gasteiger partial charge in [0.1, 0.15) is 13.2 Å². The Hall–Kier alpha value is -2.38. The molecule has 2 amide bonds. The molecule has 24 heavy (non-hydrogen) atoms. The smallest absolute Gasteiger partial charge is 0.331 e. The van der Waals surface area contributed by atoms with Gasteiger partial charge in [0.2, 0.25) is 11.8 Å². The molecule has 0 aromatic rings. The van der Waals surface area contributed by atoms with Crippen LogP contribution >= 0.6 is 0 Å². The summed E-state index contributed by atoms with van der Waals surface area (Å²) in [4.78, 5) is 48.9. The molecule has 0 aliphatic carbocycles. The van der Waals surface area contributed by atoms with E-state index in [0.717, 1.165) is 25.0 Å². The van der Waals surface area contributed by atoms with Crippen LogP contribution in [-0.4, -0.2) is 72.9 Å². The second-order valence-corrected chi connectivity index (χ2v) is 5.64. The van der Waals surface area contributed by atoms with Crippen LogP contribution in [0.4, 0.5) is 0 Å². The summed E-state index contributed by atoms with van der Waals surface area (Å²) in [5.41, 5.74) is 0. The summed E-state index contributed by atoms with van der Waals surface area (Å²) in [5, 5.41) is 0. The van der Waals surface area contributed by atoms with Crippen molar-refractivity contribution >= 4 is 23.8 Å². The van der Waals surface area contributed by atoms with E-state index in [9.17, 15) is 19.2 Å². The molecule has 8 nitrogen and oxygen atoms in total. The standard InChI is InChI=1S/C16H22N2O6/c19-13-3-1-7-17(13)9-11-23-15(21)5-6-16(22)24-12-10-18-8-2-4-14(18)20/h5-6H,1-4,7-12H2/b6-5-. The van der Waals surface area contributed by atoms with Gasteiger partial charge in [-0.3, -0.25) is 9.59 Å². The van der Waals surface area contributed by atoms with Crippen LogP contribution in [0, 0.1) is 0 Å². The number of likely N-dealkylation sites (tertiary alicyclic amines) is 2. The van der Waals surface area contributed by atoms with Crippen LogP contribution in [0.2, 0.25) is 0 Å². The molecule has 0 aromatic heterocycles. The van der Waals surface area contributed by atoms with Gasteiger partial charge in [0.05, 0.1) is 13.1 Å². The zero-order valence-corrected chi connectivity index (χ0v) is 13.6. The zero-order chi connectivity index (χ0) is 17.4. The molecule has 132 valence electrons. The van der Waals surface area contributed by atoms with Crippen molar-refractivity contribution in [2.45, 2.75) is 25.7 Å². The van der Waals surface area contributed by atoms with Crippen LogP contribution in [0.15, 0.2) is 12.2 Å². The molecule has 2 aliphatic heterocycles. The predicted molar refractivity (Wildman–Crippen MR) is 82.7 cm³/mol. The van der Waals surface area contributed by atoms with E-state index >= 15 is 0 Å². The molecule has 2 rings (SSSR count). The quantitative estimate of drug-likeness (QED) is 0.452. The highest BCUT2D eigenvalue weighted by Crippen LogP contribution is 2.09. The van der Waals surface area contributed by atoms with Crippen molar-refractivity contribution in [3.8, 4) is 0 Å². The fourth-order valence-electron chi connectivity index (χ4n) is 2.63. The van der Waals surface area contributed by atoms with Crippen LogP contribution in [0.3, 0.4) is 0 Å². The Morgan fingerprint density at radius 1 is 0.833 bits per heavy atom. The second kappa shape index (κ2) is 9.05. The van der Waals surface area contributed by atoms with E-state index in [1.165, 1.54) is 0 Å². The lowest BCUT2D eigenvalue weighted by atomic mass is 10.4. The van der Waals surface area contributed by atoms with E-state index in [2.05, 4.69) is 0 Å². The lowest BCUT2D eigenvalue weighted by Crippen LogP contribution is -2.29. The van der Waals surface area contributed by atoms with Crippen LogP contribution in [0.5, 0.6) is 0 Å². The molecule has 0 bridgehead atoms. The van der Waals surface area contributed by atoms with Crippen molar-refractivity contribution in [3.05, 3.63) is 12.2 Å². The van der Waals surface area contributed by atoms with Crippen LogP contribution in [-0.2, 0) is 28.7 Å². The molecule has 0 aromatic carbocycles. The van der Waals surface area contributed by atoms with Crippen molar-refractivity contribution in [1.82, 2.24) is 9.80 Å². The highest BCUT2D eigenvalue weighted by atomic mass is 16.5. The Bertz CT molecular complexity index is 485. The molecular weight excluding hydrogens is 316 g/mol. The summed E-state index contributed by atoms with van der Waals surface area (Å²) in [6.07, 6.45) is 4.75. The lowest BCUT2D eigenvalue weighted by Gasteiger charge is -2.14. The summed E-state index contributed by atoms with van der Waals surface area (Å²) >= 11 is 0. The Labute approximate surface area is 140 Å². The molecule has 8 heteroatoms. The van der Waals surface area contributed by atoms with E-state index in [1.54, 1.807) is 9.80 Å². The lowest BCUT2D eigenvalue weighted by molar-refractivity contribution is -0.142. The third kappa shape index (κ3) is 5.68. The average Bonchev–Trinajstić information content (AvgIpc) is 3.14. The Morgan fingerprint density at radius 2 is 1.25 bits per heavy atom. The maximum atomic E-state index is 11.5. The summed E-state index contributed by atoms with van der Waals surface area (Å²) in [5.74, 6) is -1.18. The van der Waals surface area contributed by atoms with Gasteiger partial charge in [0.15, 0.2) is 0 Å². The van der Waals surface area contributed by atoms with Crippen LogP contribution < -0.4 is 0 Å². The number of ether oxygens (including phenoxy) is 2. The SMILES string of the molecule is O=C(/C=C\C(=O)OCCN1CCCC1=O)OCCN1CCCC1=O. The number of hydrogen-bond acceptors (Lipinski definition) is 6. The minimum absolute atomic E-state index is 0.0710.